The van der Waals surface area contributed by atoms with Crippen LogP contribution in [0.3, 0.4) is 0 Å². The van der Waals surface area contributed by atoms with E-state index in [1.165, 1.54) is 0 Å². The van der Waals surface area contributed by atoms with Crippen LogP contribution in [0.1, 0.15) is 31.4 Å². The van der Waals surface area contributed by atoms with Crippen molar-refractivity contribution in [3.63, 3.8) is 0 Å². The molecular formula is C15H22N2O2. The average molecular weight is 262 g/mol. The summed E-state index contributed by atoms with van der Waals surface area (Å²) in [5, 5.41) is 5.49. The Morgan fingerprint density at radius 1 is 1.16 bits per heavy atom. The Balaban J connectivity index is 2.51. The van der Waals surface area contributed by atoms with Gasteiger partial charge in [0.05, 0.1) is 0 Å². The minimum atomic E-state index is -0.282. The first-order valence-electron chi connectivity index (χ1n) is 6.52. The Hall–Kier alpha value is -1.84. The van der Waals surface area contributed by atoms with Gasteiger partial charge in [0, 0.05) is 12.2 Å². The molecule has 1 aromatic rings. The molecule has 0 unspecified atom stereocenters. The van der Waals surface area contributed by atoms with E-state index in [1.54, 1.807) is 0 Å². The monoisotopic (exact) mass is 262 g/mol. The van der Waals surface area contributed by atoms with Gasteiger partial charge in [0.2, 0.25) is 11.8 Å². The lowest BCUT2D eigenvalue weighted by atomic mass is 10.1. The molecule has 0 spiro atoms. The van der Waals surface area contributed by atoms with Gasteiger partial charge in [-0.25, -0.2) is 0 Å². The Labute approximate surface area is 114 Å². The van der Waals surface area contributed by atoms with Crippen LogP contribution in [0.5, 0.6) is 0 Å². The zero-order chi connectivity index (χ0) is 14.4. The maximum Gasteiger partial charge on any atom is 0.233 e. The van der Waals surface area contributed by atoms with Crippen molar-refractivity contribution in [3.05, 3.63) is 29.3 Å². The SMILES string of the molecule is Cc1ccc(C)c(NC(=O)CC(=O)NCC(C)C)c1. The lowest BCUT2D eigenvalue weighted by Gasteiger charge is -2.10. The van der Waals surface area contributed by atoms with Crippen LogP contribution in [0.15, 0.2) is 18.2 Å². The Kier molecular flexibility index (Phi) is 5.55. The van der Waals surface area contributed by atoms with E-state index in [9.17, 15) is 9.59 Å². The molecule has 0 fully saturated rings. The van der Waals surface area contributed by atoms with E-state index in [2.05, 4.69) is 10.6 Å². The van der Waals surface area contributed by atoms with Crippen LogP contribution >= 0.6 is 0 Å². The second kappa shape index (κ2) is 6.92. The third-order valence-corrected chi connectivity index (χ3v) is 2.70. The van der Waals surface area contributed by atoms with Gasteiger partial charge in [-0.3, -0.25) is 9.59 Å². The highest BCUT2D eigenvalue weighted by Gasteiger charge is 2.10. The number of nitrogens with one attached hydrogen (secondary N) is 2. The van der Waals surface area contributed by atoms with Gasteiger partial charge < -0.3 is 10.6 Å². The van der Waals surface area contributed by atoms with Crippen LogP contribution in [0, 0.1) is 19.8 Å². The zero-order valence-corrected chi connectivity index (χ0v) is 12.0. The molecule has 0 saturated carbocycles. The highest BCUT2D eigenvalue weighted by Crippen LogP contribution is 2.16. The number of benzene rings is 1. The summed E-state index contributed by atoms with van der Waals surface area (Å²) < 4.78 is 0. The molecule has 0 aliphatic heterocycles. The molecule has 2 N–H and O–H groups in total. The minimum Gasteiger partial charge on any atom is -0.355 e. The molecule has 2 amide bonds. The molecule has 4 heteroatoms. The summed E-state index contributed by atoms with van der Waals surface area (Å²) in [5.41, 5.74) is 2.83. The first-order chi connectivity index (χ1) is 8.88. The third-order valence-electron chi connectivity index (χ3n) is 2.70. The van der Waals surface area contributed by atoms with Crippen LogP contribution in [-0.4, -0.2) is 18.4 Å². The molecule has 0 aliphatic rings. The number of anilines is 1. The molecule has 1 aromatic carbocycles. The summed E-state index contributed by atoms with van der Waals surface area (Å²) in [6.07, 6.45) is -0.139. The fourth-order valence-corrected chi connectivity index (χ4v) is 1.59. The van der Waals surface area contributed by atoms with E-state index in [1.807, 2.05) is 45.9 Å². The maximum absolute atomic E-state index is 11.8. The summed E-state index contributed by atoms with van der Waals surface area (Å²) in [6.45, 7) is 8.50. The van der Waals surface area contributed by atoms with Crippen molar-refractivity contribution in [2.24, 2.45) is 5.92 Å². The van der Waals surface area contributed by atoms with Gasteiger partial charge in [0.15, 0.2) is 0 Å². The largest absolute Gasteiger partial charge is 0.355 e. The number of carbonyl (C=O) groups is 2. The Bertz CT molecular complexity index is 467. The molecule has 0 radical (unpaired) electrons. The highest BCUT2D eigenvalue weighted by molar-refractivity contribution is 6.03. The zero-order valence-electron chi connectivity index (χ0n) is 12.0. The molecule has 1 rings (SSSR count). The van der Waals surface area contributed by atoms with Gasteiger partial charge in [-0.15, -0.1) is 0 Å². The van der Waals surface area contributed by atoms with Gasteiger partial charge in [-0.05, 0) is 37.0 Å². The van der Waals surface area contributed by atoms with Crippen molar-refractivity contribution in [2.75, 3.05) is 11.9 Å². The standard InChI is InChI=1S/C15H22N2O2/c1-10(2)9-16-14(18)8-15(19)17-13-7-11(3)5-6-12(13)4/h5-7,10H,8-9H2,1-4H3,(H,16,18)(H,17,19). The molecule has 0 aliphatic carbocycles. The summed E-state index contributed by atoms with van der Waals surface area (Å²) in [5.74, 6) is -0.141. The second-order valence-corrected chi connectivity index (χ2v) is 5.24. The Morgan fingerprint density at radius 2 is 1.84 bits per heavy atom. The fourth-order valence-electron chi connectivity index (χ4n) is 1.59. The van der Waals surface area contributed by atoms with Crippen LogP contribution in [0.2, 0.25) is 0 Å². The van der Waals surface area contributed by atoms with Crippen LogP contribution < -0.4 is 10.6 Å². The van der Waals surface area contributed by atoms with Gasteiger partial charge in [-0.2, -0.15) is 0 Å². The van der Waals surface area contributed by atoms with Crippen LogP contribution in [0.4, 0.5) is 5.69 Å². The van der Waals surface area contributed by atoms with Crippen LogP contribution in [0.25, 0.3) is 0 Å². The molecule has 4 nitrogen and oxygen atoms in total. The molecular weight excluding hydrogens is 240 g/mol. The Morgan fingerprint density at radius 3 is 2.47 bits per heavy atom. The van der Waals surface area contributed by atoms with Crippen molar-refractivity contribution >= 4 is 17.5 Å². The second-order valence-electron chi connectivity index (χ2n) is 5.24. The number of carbonyl (C=O) groups excluding carboxylic acids is 2. The number of hydrogen-bond donors (Lipinski definition) is 2. The number of hydrogen-bond acceptors (Lipinski definition) is 2. The maximum atomic E-state index is 11.8. The molecule has 19 heavy (non-hydrogen) atoms. The molecule has 0 bridgehead atoms. The van der Waals surface area contributed by atoms with E-state index in [4.69, 9.17) is 0 Å². The fraction of sp³-hybridized carbons (Fsp3) is 0.467. The quantitative estimate of drug-likeness (QED) is 0.801. The summed E-state index contributed by atoms with van der Waals surface area (Å²) in [6, 6.07) is 5.84. The van der Waals surface area contributed by atoms with E-state index < -0.39 is 0 Å². The van der Waals surface area contributed by atoms with Gasteiger partial charge in [-0.1, -0.05) is 26.0 Å². The smallest absolute Gasteiger partial charge is 0.233 e. The van der Waals surface area contributed by atoms with E-state index in [-0.39, 0.29) is 18.2 Å². The van der Waals surface area contributed by atoms with Gasteiger partial charge >= 0.3 is 0 Å². The lowest BCUT2D eigenvalue weighted by molar-refractivity contribution is -0.126. The van der Waals surface area contributed by atoms with Gasteiger partial charge in [0.25, 0.3) is 0 Å². The van der Waals surface area contributed by atoms with Crippen molar-refractivity contribution < 1.29 is 9.59 Å². The predicted octanol–water partition coefficient (Wildman–Crippen LogP) is 2.40. The van der Waals surface area contributed by atoms with Crippen molar-refractivity contribution in [2.45, 2.75) is 34.1 Å². The predicted molar refractivity (Wildman–Crippen MR) is 77.0 cm³/mol. The molecule has 104 valence electrons. The molecule has 0 heterocycles. The number of amides is 2. The first-order valence-corrected chi connectivity index (χ1v) is 6.52. The molecule has 0 atom stereocenters. The minimum absolute atomic E-state index is 0.139. The topological polar surface area (TPSA) is 58.2 Å². The van der Waals surface area contributed by atoms with Crippen LogP contribution in [-0.2, 0) is 9.59 Å². The normalized spacial score (nSPS) is 10.4. The number of aryl methyl sites for hydroxylation is 2. The average Bonchev–Trinajstić information content (AvgIpc) is 2.31. The van der Waals surface area contributed by atoms with Crippen molar-refractivity contribution in [1.29, 1.82) is 0 Å². The van der Waals surface area contributed by atoms with E-state index in [0.717, 1.165) is 16.8 Å². The van der Waals surface area contributed by atoms with E-state index >= 15 is 0 Å². The molecule has 0 saturated heterocycles. The van der Waals surface area contributed by atoms with E-state index in [0.29, 0.717) is 12.5 Å². The first kappa shape index (κ1) is 15.2. The lowest BCUT2D eigenvalue weighted by Crippen LogP contribution is -2.30. The number of rotatable bonds is 5. The highest BCUT2D eigenvalue weighted by atomic mass is 16.2. The summed E-state index contributed by atoms with van der Waals surface area (Å²) in [4.78, 5) is 23.3. The molecule has 0 aromatic heterocycles. The van der Waals surface area contributed by atoms with Crippen molar-refractivity contribution in [3.8, 4) is 0 Å². The van der Waals surface area contributed by atoms with Crippen molar-refractivity contribution in [1.82, 2.24) is 5.32 Å². The van der Waals surface area contributed by atoms with Gasteiger partial charge in [0.1, 0.15) is 6.42 Å². The summed E-state index contributed by atoms with van der Waals surface area (Å²) >= 11 is 0. The summed E-state index contributed by atoms with van der Waals surface area (Å²) in [7, 11) is 0. The third kappa shape index (κ3) is 5.55.